The second-order valence-electron chi connectivity index (χ2n) is 5.18. The molecule has 128 valence electrons. The van der Waals surface area contributed by atoms with Crippen LogP contribution >= 0.6 is 23.2 Å². The number of benzene rings is 1. The largest absolute Gasteiger partial charge is 0.476 e. The van der Waals surface area contributed by atoms with Crippen molar-refractivity contribution in [3.05, 3.63) is 33.3 Å². The first kappa shape index (κ1) is 18.4. The summed E-state index contributed by atoms with van der Waals surface area (Å²) in [6.45, 7) is -0.0434. The smallest absolute Gasteiger partial charge is 0.212 e. The molecule has 1 aromatic carbocycles. The summed E-state index contributed by atoms with van der Waals surface area (Å²) in [5.41, 5.74) is 0.444. The van der Waals surface area contributed by atoms with E-state index >= 15 is 0 Å². The predicted octanol–water partition coefficient (Wildman–Crippen LogP) is 3.22. The van der Waals surface area contributed by atoms with Crippen molar-refractivity contribution in [1.82, 2.24) is 0 Å². The van der Waals surface area contributed by atoms with Gasteiger partial charge in [0.15, 0.2) is 17.3 Å². The number of carbonyl (C=O) groups is 3. The zero-order chi connectivity index (χ0) is 17.7. The Balaban J connectivity index is 2.30. The highest BCUT2D eigenvalue weighted by Gasteiger charge is 2.37. The summed E-state index contributed by atoms with van der Waals surface area (Å²) in [4.78, 5) is 41.0. The summed E-state index contributed by atoms with van der Waals surface area (Å²) >= 11 is 12.3. The summed E-state index contributed by atoms with van der Waals surface area (Å²) in [7, 11) is 1.36. The van der Waals surface area contributed by atoms with Gasteiger partial charge in [-0.15, -0.1) is 0 Å². The van der Waals surface area contributed by atoms with Crippen molar-refractivity contribution in [2.24, 2.45) is 11.1 Å². The molecule has 0 spiro atoms. The van der Waals surface area contributed by atoms with Gasteiger partial charge in [0.1, 0.15) is 19.6 Å². The summed E-state index contributed by atoms with van der Waals surface area (Å²) in [6.07, 6.45) is 1.98. The number of hydrogen-bond acceptors (Lipinski definition) is 6. The molecule has 2 rings (SSSR count). The van der Waals surface area contributed by atoms with E-state index in [9.17, 15) is 14.4 Å². The molecule has 8 heteroatoms. The molecule has 0 radical (unpaired) electrons. The van der Waals surface area contributed by atoms with Crippen molar-refractivity contribution in [1.29, 1.82) is 0 Å². The topological polar surface area (TPSA) is 82.0 Å². The fourth-order valence-corrected chi connectivity index (χ4v) is 3.04. The lowest BCUT2D eigenvalue weighted by atomic mass is 9.81. The van der Waals surface area contributed by atoms with Crippen molar-refractivity contribution in [2.45, 2.75) is 25.9 Å². The minimum atomic E-state index is -1.28. The lowest BCUT2D eigenvalue weighted by Crippen LogP contribution is -2.35. The SMILES string of the molecule is CO/N=C/OCc1c(Cl)ccc(C(=O)C2C(=O)CCCC2=O)c1Cl. The number of oxime groups is 1. The van der Waals surface area contributed by atoms with Crippen LogP contribution in [0.25, 0.3) is 0 Å². The molecular formula is C16H15Cl2NO5. The molecule has 0 heterocycles. The molecule has 1 aliphatic carbocycles. The second-order valence-corrected chi connectivity index (χ2v) is 5.96. The third-order valence-electron chi connectivity index (χ3n) is 3.65. The third kappa shape index (κ3) is 3.94. The van der Waals surface area contributed by atoms with E-state index in [1.165, 1.54) is 19.2 Å². The highest BCUT2D eigenvalue weighted by atomic mass is 35.5. The van der Waals surface area contributed by atoms with Crippen LogP contribution in [-0.4, -0.2) is 30.9 Å². The maximum absolute atomic E-state index is 12.6. The second kappa shape index (κ2) is 8.26. The van der Waals surface area contributed by atoms with Gasteiger partial charge in [-0.1, -0.05) is 28.4 Å². The monoisotopic (exact) mass is 371 g/mol. The van der Waals surface area contributed by atoms with Crippen molar-refractivity contribution >= 4 is 47.0 Å². The lowest BCUT2D eigenvalue weighted by molar-refractivity contribution is -0.133. The van der Waals surface area contributed by atoms with Crippen molar-refractivity contribution in [2.75, 3.05) is 7.11 Å². The first-order valence-electron chi connectivity index (χ1n) is 7.20. The van der Waals surface area contributed by atoms with Gasteiger partial charge in [0.05, 0.1) is 5.02 Å². The fraction of sp³-hybridized carbons (Fsp3) is 0.375. The zero-order valence-electron chi connectivity index (χ0n) is 12.9. The molecule has 6 nitrogen and oxygen atoms in total. The summed E-state index contributed by atoms with van der Waals surface area (Å²) < 4.78 is 5.11. The Morgan fingerprint density at radius 2 is 1.96 bits per heavy atom. The average molecular weight is 372 g/mol. The Hall–Kier alpha value is -1.92. The summed E-state index contributed by atoms with van der Waals surface area (Å²) in [5.74, 6) is -2.61. The molecule has 0 unspecified atom stereocenters. The minimum absolute atomic E-state index is 0.0434. The molecule has 1 aromatic rings. The fourth-order valence-electron chi connectivity index (χ4n) is 2.47. The van der Waals surface area contributed by atoms with Crippen molar-refractivity contribution < 1.29 is 24.0 Å². The molecular weight excluding hydrogens is 357 g/mol. The van der Waals surface area contributed by atoms with Crippen LogP contribution in [0, 0.1) is 5.92 Å². The minimum Gasteiger partial charge on any atom is -0.476 e. The molecule has 1 fully saturated rings. The molecule has 0 aliphatic heterocycles. The molecule has 0 N–H and O–H groups in total. The number of Topliss-reactive ketones (excluding diaryl/α,β-unsaturated/α-hetero) is 3. The highest BCUT2D eigenvalue weighted by molar-refractivity contribution is 6.39. The van der Waals surface area contributed by atoms with Gasteiger partial charge >= 0.3 is 0 Å². The zero-order valence-corrected chi connectivity index (χ0v) is 14.4. The van der Waals surface area contributed by atoms with E-state index in [0.29, 0.717) is 17.0 Å². The summed E-state index contributed by atoms with van der Waals surface area (Å²) in [6, 6.07) is 2.89. The normalized spacial score (nSPS) is 15.8. The lowest BCUT2D eigenvalue weighted by Gasteiger charge is -2.19. The maximum atomic E-state index is 12.6. The van der Waals surface area contributed by atoms with E-state index in [-0.39, 0.29) is 41.6 Å². The summed E-state index contributed by atoms with van der Waals surface area (Å²) in [5, 5.41) is 3.76. The van der Waals surface area contributed by atoms with Crippen molar-refractivity contribution in [3.8, 4) is 0 Å². The molecule has 0 bridgehead atoms. The van der Waals surface area contributed by atoms with Gasteiger partial charge in [0.2, 0.25) is 6.40 Å². The maximum Gasteiger partial charge on any atom is 0.212 e. The van der Waals surface area contributed by atoms with Crippen LogP contribution in [-0.2, 0) is 25.8 Å². The van der Waals surface area contributed by atoms with Crippen LogP contribution in [0.5, 0.6) is 0 Å². The molecule has 1 saturated carbocycles. The van der Waals surface area contributed by atoms with Crippen LogP contribution in [0.4, 0.5) is 0 Å². The van der Waals surface area contributed by atoms with Gasteiger partial charge in [-0.05, 0) is 18.6 Å². The van der Waals surface area contributed by atoms with E-state index in [0.717, 1.165) is 6.40 Å². The van der Waals surface area contributed by atoms with Gasteiger partial charge in [0.25, 0.3) is 0 Å². The highest BCUT2D eigenvalue weighted by Crippen LogP contribution is 2.32. The first-order valence-corrected chi connectivity index (χ1v) is 7.96. The van der Waals surface area contributed by atoms with Crippen LogP contribution in [0.1, 0.15) is 35.2 Å². The number of ketones is 3. The number of rotatable bonds is 6. The number of nitrogens with zero attached hydrogens (tertiary/aromatic N) is 1. The standard InChI is InChI=1S/C16H15Cl2NO5/c1-23-19-8-24-7-10-11(17)6-5-9(15(10)18)16(22)14-12(20)3-2-4-13(14)21/h5-6,8,14H,2-4,7H2,1H3/b19-8+. The number of hydrogen-bond donors (Lipinski definition) is 0. The molecule has 0 aromatic heterocycles. The van der Waals surface area contributed by atoms with Gasteiger partial charge in [-0.25, -0.2) is 0 Å². The predicted molar refractivity (Wildman–Crippen MR) is 88.4 cm³/mol. The van der Waals surface area contributed by atoms with Crippen molar-refractivity contribution in [3.63, 3.8) is 0 Å². The molecule has 0 atom stereocenters. The quantitative estimate of drug-likeness (QED) is 0.252. The molecule has 24 heavy (non-hydrogen) atoms. The van der Waals surface area contributed by atoms with E-state index in [2.05, 4.69) is 9.99 Å². The number of carbonyl (C=O) groups excluding carboxylic acids is 3. The third-order valence-corrected chi connectivity index (χ3v) is 4.44. The number of halogens is 2. The van der Waals surface area contributed by atoms with Crippen LogP contribution in [0.3, 0.4) is 0 Å². The van der Waals surface area contributed by atoms with Gasteiger partial charge in [-0.2, -0.15) is 0 Å². The van der Waals surface area contributed by atoms with E-state index < -0.39 is 11.7 Å². The Bertz CT molecular complexity index is 686. The molecule has 0 amide bonds. The Kier molecular flexibility index (Phi) is 6.34. The van der Waals surface area contributed by atoms with E-state index in [4.69, 9.17) is 27.9 Å². The van der Waals surface area contributed by atoms with Crippen LogP contribution < -0.4 is 0 Å². The van der Waals surface area contributed by atoms with E-state index in [1.807, 2.05) is 0 Å². The first-order chi connectivity index (χ1) is 11.5. The Labute approximate surface area is 148 Å². The van der Waals surface area contributed by atoms with Gasteiger partial charge in [0, 0.05) is 29.0 Å². The average Bonchev–Trinajstić information content (AvgIpc) is 2.53. The van der Waals surface area contributed by atoms with Gasteiger partial charge in [-0.3, -0.25) is 14.4 Å². The van der Waals surface area contributed by atoms with E-state index in [1.54, 1.807) is 0 Å². The molecule has 1 aliphatic rings. The Morgan fingerprint density at radius 1 is 1.29 bits per heavy atom. The van der Waals surface area contributed by atoms with Crippen LogP contribution in [0.2, 0.25) is 10.0 Å². The van der Waals surface area contributed by atoms with Gasteiger partial charge < -0.3 is 9.57 Å². The molecule has 0 saturated heterocycles. The van der Waals surface area contributed by atoms with Crippen LogP contribution in [0.15, 0.2) is 17.3 Å². The number of ether oxygens (including phenoxy) is 1. The Morgan fingerprint density at radius 3 is 2.58 bits per heavy atom.